The van der Waals surface area contributed by atoms with Crippen molar-refractivity contribution in [3.05, 3.63) is 23.8 Å². The van der Waals surface area contributed by atoms with Gasteiger partial charge in [-0.15, -0.1) is 0 Å². The molecule has 1 aromatic rings. The first-order chi connectivity index (χ1) is 11.8. The van der Waals surface area contributed by atoms with E-state index in [4.69, 9.17) is 14.6 Å². The maximum atomic E-state index is 12.7. The van der Waals surface area contributed by atoms with Gasteiger partial charge in [0.15, 0.2) is 0 Å². The standard InChI is InChI=1S/C16H24N2O6S/c1-11(10-23-2)18-14-6-5-12(16(19)20)8-15(14)25(21,22)17-9-13-4-3-7-24-13/h5-6,8,11,13,17-18H,3-4,7,9-10H2,1-2H3,(H,19,20)/t11-,13-/m1/s1. The topological polar surface area (TPSA) is 114 Å². The van der Waals surface area contributed by atoms with Gasteiger partial charge in [-0.05, 0) is 38.0 Å². The van der Waals surface area contributed by atoms with E-state index in [9.17, 15) is 13.2 Å². The summed E-state index contributed by atoms with van der Waals surface area (Å²) >= 11 is 0. The molecule has 0 amide bonds. The number of aromatic carboxylic acids is 1. The number of methoxy groups -OCH3 is 1. The zero-order valence-corrected chi connectivity index (χ0v) is 15.1. The highest BCUT2D eigenvalue weighted by molar-refractivity contribution is 7.89. The van der Waals surface area contributed by atoms with Crippen molar-refractivity contribution in [3.63, 3.8) is 0 Å². The molecule has 0 radical (unpaired) electrons. The third-order valence-electron chi connectivity index (χ3n) is 3.86. The summed E-state index contributed by atoms with van der Waals surface area (Å²) in [5, 5.41) is 12.2. The number of hydrogen-bond donors (Lipinski definition) is 3. The number of carbonyl (C=O) groups is 1. The normalized spacial score (nSPS) is 18.9. The second kappa shape index (κ2) is 8.61. The second-order valence-electron chi connectivity index (χ2n) is 6.00. The summed E-state index contributed by atoms with van der Waals surface area (Å²) in [5.41, 5.74) is 0.233. The van der Waals surface area contributed by atoms with Gasteiger partial charge < -0.3 is 19.9 Å². The lowest BCUT2D eigenvalue weighted by molar-refractivity contribution is 0.0696. The monoisotopic (exact) mass is 372 g/mol. The Hall–Kier alpha value is -1.68. The van der Waals surface area contributed by atoms with Crippen LogP contribution in [-0.2, 0) is 19.5 Å². The highest BCUT2D eigenvalue weighted by Crippen LogP contribution is 2.24. The van der Waals surface area contributed by atoms with Crippen molar-refractivity contribution in [3.8, 4) is 0 Å². The van der Waals surface area contributed by atoms with Gasteiger partial charge in [0.25, 0.3) is 0 Å². The first-order valence-electron chi connectivity index (χ1n) is 8.07. The number of benzene rings is 1. The van der Waals surface area contributed by atoms with Gasteiger partial charge >= 0.3 is 5.97 Å². The molecule has 1 aliphatic heterocycles. The van der Waals surface area contributed by atoms with Crippen LogP contribution in [0.15, 0.2) is 23.1 Å². The molecule has 8 nitrogen and oxygen atoms in total. The molecule has 1 saturated heterocycles. The molecule has 1 heterocycles. The molecule has 0 aliphatic carbocycles. The first-order valence-corrected chi connectivity index (χ1v) is 9.56. The van der Waals surface area contributed by atoms with Crippen molar-refractivity contribution in [1.82, 2.24) is 4.72 Å². The largest absolute Gasteiger partial charge is 0.478 e. The van der Waals surface area contributed by atoms with Gasteiger partial charge in [-0.3, -0.25) is 0 Å². The Kier molecular flexibility index (Phi) is 6.77. The summed E-state index contributed by atoms with van der Waals surface area (Å²) in [7, 11) is -2.34. The van der Waals surface area contributed by atoms with Gasteiger partial charge in [-0.2, -0.15) is 0 Å². The SMILES string of the molecule is COC[C@@H](C)Nc1ccc(C(=O)O)cc1S(=O)(=O)NC[C@H]1CCCO1. The fourth-order valence-electron chi connectivity index (χ4n) is 2.64. The summed E-state index contributed by atoms with van der Waals surface area (Å²) in [6.07, 6.45) is 1.55. The predicted octanol–water partition coefficient (Wildman–Crippen LogP) is 1.29. The lowest BCUT2D eigenvalue weighted by Crippen LogP contribution is -2.33. The van der Waals surface area contributed by atoms with Gasteiger partial charge in [0.2, 0.25) is 10.0 Å². The number of rotatable bonds is 9. The van der Waals surface area contributed by atoms with Gasteiger partial charge in [-0.25, -0.2) is 17.9 Å². The molecule has 25 heavy (non-hydrogen) atoms. The van der Waals surface area contributed by atoms with Crippen molar-refractivity contribution < 1.29 is 27.8 Å². The van der Waals surface area contributed by atoms with Crippen LogP contribution < -0.4 is 10.0 Å². The fourth-order valence-corrected chi connectivity index (χ4v) is 3.90. The average Bonchev–Trinajstić information content (AvgIpc) is 3.07. The Labute approximate surface area is 147 Å². The van der Waals surface area contributed by atoms with Crippen molar-refractivity contribution in [2.75, 3.05) is 32.2 Å². The van der Waals surface area contributed by atoms with Crippen molar-refractivity contribution in [2.24, 2.45) is 0 Å². The van der Waals surface area contributed by atoms with Crippen LogP contribution >= 0.6 is 0 Å². The number of nitrogens with one attached hydrogen (secondary N) is 2. The minimum absolute atomic E-state index is 0.0950. The van der Waals surface area contributed by atoms with E-state index in [-0.39, 0.29) is 29.1 Å². The van der Waals surface area contributed by atoms with Gasteiger partial charge in [-0.1, -0.05) is 0 Å². The molecule has 3 N–H and O–H groups in total. The quantitative estimate of drug-likeness (QED) is 0.598. The highest BCUT2D eigenvalue weighted by Gasteiger charge is 2.24. The van der Waals surface area contributed by atoms with E-state index in [0.29, 0.717) is 18.9 Å². The summed E-state index contributed by atoms with van der Waals surface area (Å²) < 4.78 is 38.4. The van der Waals surface area contributed by atoms with E-state index in [2.05, 4.69) is 10.0 Å². The Morgan fingerprint density at radius 2 is 2.24 bits per heavy atom. The predicted molar refractivity (Wildman–Crippen MR) is 92.5 cm³/mol. The molecule has 0 bridgehead atoms. The smallest absolute Gasteiger partial charge is 0.335 e. The molecule has 0 unspecified atom stereocenters. The molecule has 0 aromatic heterocycles. The molecular formula is C16H24N2O6S. The molecule has 0 spiro atoms. The van der Waals surface area contributed by atoms with Gasteiger partial charge in [0.1, 0.15) is 4.90 Å². The van der Waals surface area contributed by atoms with E-state index in [1.807, 2.05) is 6.92 Å². The van der Waals surface area contributed by atoms with Crippen molar-refractivity contribution in [1.29, 1.82) is 0 Å². The Balaban J connectivity index is 2.26. The Morgan fingerprint density at radius 3 is 2.84 bits per heavy atom. The van der Waals surface area contributed by atoms with Crippen LogP contribution in [0.3, 0.4) is 0 Å². The summed E-state index contributed by atoms with van der Waals surface area (Å²) in [4.78, 5) is 11.1. The molecule has 1 aliphatic rings. The third-order valence-corrected chi connectivity index (χ3v) is 5.33. The van der Waals surface area contributed by atoms with E-state index in [1.54, 1.807) is 7.11 Å². The number of carboxylic acid groups (broad SMARTS) is 1. The van der Waals surface area contributed by atoms with Crippen LogP contribution in [0.4, 0.5) is 5.69 Å². The summed E-state index contributed by atoms with van der Waals surface area (Å²) in [5.74, 6) is -1.19. The molecule has 9 heteroatoms. The molecule has 140 valence electrons. The third kappa shape index (κ3) is 5.40. The zero-order chi connectivity index (χ0) is 18.4. The Morgan fingerprint density at radius 1 is 1.48 bits per heavy atom. The number of anilines is 1. The van der Waals surface area contributed by atoms with Crippen molar-refractivity contribution in [2.45, 2.75) is 36.8 Å². The van der Waals surface area contributed by atoms with Crippen molar-refractivity contribution >= 4 is 21.7 Å². The lowest BCUT2D eigenvalue weighted by atomic mass is 10.2. The fraction of sp³-hybridized carbons (Fsp3) is 0.562. The van der Waals surface area contributed by atoms with Crippen LogP contribution in [0, 0.1) is 0 Å². The minimum Gasteiger partial charge on any atom is -0.478 e. The van der Waals surface area contributed by atoms with E-state index < -0.39 is 16.0 Å². The van der Waals surface area contributed by atoms with Gasteiger partial charge in [0, 0.05) is 26.3 Å². The number of carboxylic acids is 1. The van der Waals surface area contributed by atoms with Gasteiger partial charge in [0.05, 0.1) is 24.0 Å². The van der Waals surface area contributed by atoms with Crippen LogP contribution in [0.5, 0.6) is 0 Å². The molecule has 1 aromatic carbocycles. The molecular weight excluding hydrogens is 348 g/mol. The number of sulfonamides is 1. The molecule has 0 saturated carbocycles. The van der Waals surface area contributed by atoms with E-state index >= 15 is 0 Å². The van der Waals surface area contributed by atoms with Crippen LogP contribution in [0.2, 0.25) is 0 Å². The number of hydrogen-bond acceptors (Lipinski definition) is 6. The number of ether oxygens (including phenoxy) is 2. The van der Waals surface area contributed by atoms with Crippen LogP contribution in [0.25, 0.3) is 0 Å². The second-order valence-corrected chi connectivity index (χ2v) is 7.74. The minimum atomic E-state index is -3.89. The molecule has 1 fully saturated rings. The Bertz CT molecular complexity index is 701. The first kappa shape index (κ1) is 19.6. The summed E-state index contributed by atoms with van der Waals surface area (Å²) in [6.45, 7) is 3.00. The van der Waals surface area contributed by atoms with Crippen LogP contribution in [0.1, 0.15) is 30.1 Å². The highest BCUT2D eigenvalue weighted by atomic mass is 32.2. The molecule has 2 rings (SSSR count). The van der Waals surface area contributed by atoms with Crippen LogP contribution in [-0.4, -0.2) is 58.5 Å². The average molecular weight is 372 g/mol. The summed E-state index contributed by atoms with van der Waals surface area (Å²) in [6, 6.07) is 3.83. The van der Waals surface area contributed by atoms with E-state index in [1.165, 1.54) is 12.1 Å². The maximum absolute atomic E-state index is 12.7. The lowest BCUT2D eigenvalue weighted by Gasteiger charge is -2.19. The van der Waals surface area contributed by atoms with E-state index in [0.717, 1.165) is 18.9 Å². The molecule has 2 atom stereocenters. The zero-order valence-electron chi connectivity index (χ0n) is 14.3. The maximum Gasteiger partial charge on any atom is 0.335 e.